The Kier molecular flexibility index (Phi) is 5.53. The van der Waals surface area contributed by atoms with Gasteiger partial charge in [-0.05, 0) is 24.6 Å². The molecular weight excluding hydrogens is 402 g/mol. The molecule has 2 aliphatic heterocycles. The van der Waals surface area contributed by atoms with Gasteiger partial charge in [-0.3, -0.25) is 9.80 Å². The van der Waals surface area contributed by atoms with E-state index >= 15 is 0 Å². The number of aliphatic hydroxyl groups excluding tert-OH is 1. The quantitative estimate of drug-likeness (QED) is 0.673. The van der Waals surface area contributed by atoms with Crippen LogP contribution in [-0.2, 0) is 13.0 Å². The van der Waals surface area contributed by atoms with E-state index in [0.717, 1.165) is 57.8 Å². The largest absolute Gasteiger partial charge is 0.395 e. The second-order valence-corrected chi connectivity index (χ2v) is 9.84. The lowest BCUT2D eigenvalue weighted by molar-refractivity contribution is 0.185. The number of hydrogen-bond donors (Lipinski definition) is 1. The summed E-state index contributed by atoms with van der Waals surface area (Å²) >= 11 is 3.55. The summed E-state index contributed by atoms with van der Waals surface area (Å²) in [6.45, 7) is 9.39. The second-order valence-electron chi connectivity index (χ2n) is 7.89. The van der Waals surface area contributed by atoms with Gasteiger partial charge in [-0.2, -0.15) is 0 Å². The van der Waals surface area contributed by atoms with Gasteiger partial charge in [0.2, 0.25) is 0 Å². The number of anilines is 1. The highest BCUT2D eigenvalue weighted by Gasteiger charge is 2.26. The van der Waals surface area contributed by atoms with Gasteiger partial charge in [-0.15, -0.1) is 22.7 Å². The first-order valence-electron chi connectivity index (χ1n) is 10.3. The molecule has 8 heteroatoms. The van der Waals surface area contributed by atoms with Gasteiger partial charge >= 0.3 is 0 Å². The number of piperazine rings is 1. The molecule has 0 radical (unpaired) electrons. The first-order chi connectivity index (χ1) is 14.2. The van der Waals surface area contributed by atoms with Crippen LogP contribution in [0.15, 0.2) is 23.7 Å². The van der Waals surface area contributed by atoms with Crippen LogP contribution in [-0.4, -0.2) is 70.7 Å². The Morgan fingerprint density at radius 3 is 2.86 bits per heavy atom. The number of rotatable bonds is 5. The summed E-state index contributed by atoms with van der Waals surface area (Å²) in [5.74, 6) is 0. The van der Waals surface area contributed by atoms with Gasteiger partial charge in [0.15, 0.2) is 5.13 Å². The van der Waals surface area contributed by atoms with Crippen LogP contribution in [0.2, 0.25) is 0 Å². The van der Waals surface area contributed by atoms with Gasteiger partial charge in [0, 0.05) is 63.2 Å². The molecule has 1 saturated heterocycles. The third-order valence-electron chi connectivity index (χ3n) is 6.18. The molecule has 0 spiro atoms. The predicted molar refractivity (Wildman–Crippen MR) is 120 cm³/mol. The molecule has 2 aromatic heterocycles. The van der Waals surface area contributed by atoms with Crippen molar-refractivity contribution in [3.8, 4) is 0 Å². The molecule has 1 atom stereocenters. The SMILES string of the molecule is CC(c1ccc2scnc2c1)N1CCN(c2nc3c(s2)CN(CCO)CC3)CC1. The van der Waals surface area contributed by atoms with Crippen molar-refractivity contribution < 1.29 is 5.11 Å². The van der Waals surface area contributed by atoms with Crippen molar-refractivity contribution in [1.82, 2.24) is 19.8 Å². The van der Waals surface area contributed by atoms with Crippen LogP contribution in [0.4, 0.5) is 5.13 Å². The number of fused-ring (bicyclic) bond motifs is 2. The third kappa shape index (κ3) is 3.92. The van der Waals surface area contributed by atoms with E-state index < -0.39 is 0 Å². The summed E-state index contributed by atoms with van der Waals surface area (Å²) in [4.78, 5) is 18.2. The molecule has 1 aromatic carbocycles. The Bertz CT molecular complexity index is 979. The van der Waals surface area contributed by atoms with Crippen molar-refractivity contribution in [2.75, 3.05) is 50.8 Å². The number of aromatic nitrogens is 2. The van der Waals surface area contributed by atoms with Crippen LogP contribution in [0.3, 0.4) is 0 Å². The molecule has 0 saturated carbocycles. The fraction of sp³-hybridized carbons (Fsp3) is 0.524. The molecule has 5 rings (SSSR count). The molecule has 1 N–H and O–H groups in total. The Morgan fingerprint density at radius 2 is 2.03 bits per heavy atom. The van der Waals surface area contributed by atoms with Gasteiger partial charge in [-0.1, -0.05) is 6.07 Å². The highest BCUT2D eigenvalue weighted by atomic mass is 32.1. The van der Waals surface area contributed by atoms with Crippen molar-refractivity contribution >= 4 is 38.0 Å². The molecule has 2 aliphatic rings. The number of thiazole rings is 2. The van der Waals surface area contributed by atoms with E-state index in [4.69, 9.17) is 4.98 Å². The minimum absolute atomic E-state index is 0.233. The average molecular weight is 430 g/mol. The molecule has 1 fully saturated rings. The maximum absolute atomic E-state index is 9.20. The van der Waals surface area contributed by atoms with Gasteiger partial charge in [0.1, 0.15) is 0 Å². The fourth-order valence-electron chi connectivity index (χ4n) is 4.35. The standard InChI is InChI=1S/C21H27N5OS2/c1-15(16-2-3-19-18(12-16)22-14-28-19)25-6-8-26(9-7-25)21-23-17-4-5-24(10-11-27)13-20(17)29-21/h2-3,12,14-15,27H,4-11,13H2,1H3. The van der Waals surface area contributed by atoms with Crippen molar-refractivity contribution in [1.29, 1.82) is 0 Å². The van der Waals surface area contributed by atoms with Gasteiger partial charge in [-0.25, -0.2) is 9.97 Å². The lowest BCUT2D eigenvalue weighted by Crippen LogP contribution is -2.47. The molecule has 6 nitrogen and oxygen atoms in total. The zero-order chi connectivity index (χ0) is 19.8. The highest BCUT2D eigenvalue weighted by molar-refractivity contribution is 7.16. The normalized spacial score (nSPS) is 19.6. The second kappa shape index (κ2) is 8.28. The molecule has 3 aromatic rings. The van der Waals surface area contributed by atoms with E-state index in [9.17, 15) is 5.11 Å². The summed E-state index contributed by atoms with van der Waals surface area (Å²) in [6, 6.07) is 7.11. The average Bonchev–Trinajstić information content (AvgIpc) is 3.39. The van der Waals surface area contributed by atoms with Crippen molar-refractivity contribution in [2.24, 2.45) is 0 Å². The predicted octanol–water partition coefficient (Wildman–Crippen LogP) is 2.99. The number of β-amino-alcohol motifs (C(OH)–C–C–N with tert-alkyl or cyclic N) is 1. The minimum atomic E-state index is 0.233. The zero-order valence-corrected chi connectivity index (χ0v) is 18.4. The first-order valence-corrected chi connectivity index (χ1v) is 12.0. The molecule has 0 bridgehead atoms. The molecule has 0 amide bonds. The van der Waals surface area contributed by atoms with E-state index in [1.807, 2.05) is 16.8 Å². The first kappa shape index (κ1) is 19.4. The Balaban J connectivity index is 1.22. The Labute approximate surface area is 179 Å². The van der Waals surface area contributed by atoms with Crippen LogP contribution in [0.25, 0.3) is 10.2 Å². The van der Waals surface area contributed by atoms with Crippen LogP contribution in [0.5, 0.6) is 0 Å². The number of aliphatic hydroxyl groups is 1. The molecule has 29 heavy (non-hydrogen) atoms. The van der Waals surface area contributed by atoms with Gasteiger partial charge in [0.25, 0.3) is 0 Å². The van der Waals surface area contributed by atoms with Gasteiger partial charge in [0.05, 0.1) is 28.0 Å². The van der Waals surface area contributed by atoms with E-state index in [2.05, 4.69) is 44.8 Å². The molecule has 1 unspecified atom stereocenters. The topological polar surface area (TPSA) is 55.7 Å². The van der Waals surface area contributed by atoms with Gasteiger partial charge < -0.3 is 10.0 Å². The summed E-state index contributed by atoms with van der Waals surface area (Å²) in [7, 11) is 0. The minimum Gasteiger partial charge on any atom is -0.395 e. The van der Waals surface area contributed by atoms with E-state index in [-0.39, 0.29) is 6.61 Å². The highest BCUT2D eigenvalue weighted by Crippen LogP contribution is 2.32. The zero-order valence-electron chi connectivity index (χ0n) is 16.8. The molecule has 154 valence electrons. The lowest BCUT2D eigenvalue weighted by atomic mass is 10.1. The third-order valence-corrected chi connectivity index (χ3v) is 8.14. The summed E-state index contributed by atoms with van der Waals surface area (Å²) in [5, 5.41) is 10.4. The smallest absolute Gasteiger partial charge is 0.185 e. The van der Waals surface area contributed by atoms with E-state index in [1.54, 1.807) is 11.3 Å². The Hall–Kier alpha value is -1.58. The van der Waals surface area contributed by atoms with Crippen LogP contribution < -0.4 is 4.90 Å². The maximum Gasteiger partial charge on any atom is 0.185 e. The fourth-order valence-corrected chi connectivity index (χ4v) is 6.21. The van der Waals surface area contributed by atoms with Crippen LogP contribution in [0.1, 0.15) is 29.1 Å². The molecular formula is C21H27N5OS2. The lowest BCUT2D eigenvalue weighted by Gasteiger charge is -2.38. The monoisotopic (exact) mass is 429 g/mol. The van der Waals surface area contributed by atoms with E-state index in [0.29, 0.717) is 6.04 Å². The van der Waals surface area contributed by atoms with Crippen molar-refractivity contribution in [3.05, 3.63) is 39.8 Å². The van der Waals surface area contributed by atoms with Crippen LogP contribution in [0, 0.1) is 0 Å². The number of hydrogen-bond acceptors (Lipinski definition) is 8. The number of nitrogens with zero attached hydrogens (tertiary/aromatic N) is 5. The maximum atomic E-state index is 9.20. The van der Waals surface area contributed by atoms with Crippen LogP contribution >= 0.6 is 22.7 Å². The Morgan fingerprint density at radius 1 is 1.17 bits per heavy atom. The summed E-state index contributed by atoms with van der Waals surface area (Å²) in [5.41, 5.74) is 5.66. The summed E-state index contributed by atoms with van der Waals surface area (Å²) in [6.07, 6.45) is 1.00. The number of benzene rings is 1. The van der Waals surface area contributed by atoms with E-state index in [1.165, 1.54) is 26.0 Å². The molecule has 4 heterocycles. The van der Waals surface area contributed by atoms with Crippen molar-refractivity contribution in [2.45, 2.75) is 25.9 Å². The molecule has 0 aliphatic carbocycles. The summed E-state index contributed by atoms with van der Waals surface area (Å²) < 4.78 is 1.26. The van der Waals surface area contributed by atoms with Crippen molar-refractivity contribution in [3.63, 3.8) is 0 Å².